The van der Waals surface area contributed by atoms with Crippen LogP contribution in [0.4, 0.5) is 0 Å². The summed E-state index contributed by atoms with van der Waals surface area (Å²) in [5, 5.41) is 10.5. The van der Waals surface area contributed by atoms with Gasteiger partial charge in [-0.05, 0) is 49.7 Å². The van der Waals surface area contributed by atoms with Crippen LogP contribution in [0.2, 0.25) is 0 Å². The highest BCUT2D eigenvalue weighted by atomic mass is 16.5. The number of furan rings is 1. The number of hydrogen-bond donors (Lipinski definition) is 1. The molecule has 1 aromatic heterocycles. The van der Waals surface area contributed by atoms with Gasteiger partial charge in [0.25, 0.3) is 0 Å². The zero-order valence-electron chi connectivity index (χ0n) is 16.8. The molecule has 28 heavy (non-hydrogen) atoms. The third-order valence-electron chi connectivity index (χ3n) is 4.77. The van der Waals surface area contributed by atoms with Crippen molar-refractivity contribution >= 4 is 0 Å². The minimum atomic E-state index is -0.587. The summed E-state index contributed by atoms with van der Waals surface area (Å²) in [7, 11) is 1.97. The molecule has 4 nitrogen and oxygen atoms in total. The lowest BCUT2D eigenvalue weighted by molar-refractivity contribution is -0.00700. The van der Waals surface area contributed by atoms with E-state index in [0.29, 0.717) is 13.1 Å². The third-order valence-corrected chi connectivity index (χ3v) is 4.77. The number of ether oxygens (including phenoxy) is 1. The first kappa shape index (κ1) is 20.3. The van der Waals surface area contributed by atoms with E-state index in [9.17, 15) is 5.11 Å². The molecule has 4 heteroatoms. The zero-order valence-corrected chi connectivity index (χ0v) is 16.8. The van der Waals surface area contributed by atoms with Gasteiger partial charge >= 0.3 is 0 Å². The molecule has 0 amide bonds. The summed E-state index contributed by atoms with van der Waals surface area (Å²) < 4.78 is 11.8. The number of aryl methyl sites for hydroxylation is 2. The molecule has 3 aromatic rings. The Morgan fingerprint density at radius 1 is 0.964 bits per heavy atom. The second-order valence-corrected chi connectivity index (χ2v) is 7.34. The molecule has 2 unspecified atom stereocenters. The molecule has 0 radical (unpaired) electrons. The SMILES string of the molecule is Cc1ccc(CN(C)CC(O)COC(c2ccccc2)c2ccccc2C)o1. The minimum absolute atomic E-state index is 0.199. The molecule has 0 bridgehead atoms. The lowest BCUT2D eigenvalue weighted by Crippen LogP contribution is -2.32. The summed E-state index contributed by atoms with van der Waals surface area (Å²) in [5.41, 5.74) is 3.39. The van der Waals surface area contributed by atoms with Gasteiger partial charge in [-0.2, -0.15) is 0 Å². The third kappa shape index (κ3) is 5.55. The predicted molar refractivity (Wildman–Crippen MR) is 111 cm³/mol. The van der Waals surface area contributed by atoms with Crippen LogP contribution in [0.3, 0.4) is 0 Å². The van der Waals surface area contributed by atoms with E-state index in [1.54, 1.807) is 0 Å². The van der Waals surface area contributed by atoms with E-state index in [0.717, 1.165) is 22.6 Å². The molecule has 0 saturated heterocycles. The van der Waals surface area contributed by atoms with Crippen LogP contribution in [-0.2, 0) is 11.3 Å². The van der Waals surface area contributed by atoms with Crippen molar-refractivity contribution in [2.45, 2.75) is 32.6 Å². The first-order chi connectivity index (χ1) is 13.5. The van der Waals surface area contributed by atoms with Gasteiger partial charge in [-0.3, -0.25) is 4.90 Å². The number of benzene rings is 2. The molecule has 148 valence electrons. The second-order valence-electron chi connectivity index (χ2n) is 7.34. The van der Waals surface area contributed by atoms with Crippen LogP contribution in [-0.4, -0.2) is 36.3 Å². The Morgan fingerprint density at radius 2 is 1.68 bits per heavy atom. The number of hydrogen-bond acceptors (Lipinski definition) is 4. The molecule has 0 aliphatic heterocycles. The number of likely N-dealkylation sites (N-methyl/N-ethyl adjacent to an activating group) is 1. The Bertz CT molecular complexity index is 859. The maximum atomic E-state index is 10.5. The summed E-state index contributed by atoms with van der Waals surface area (Å²) in [5.74, 6) is 1.80. The quantitative estimate of drug-likeness (QED) is 0.595. The molecule has 0 aliphatic carbocycles. The number of nitrogens with zero attached hydrogens (tertiary/aromatic N) is 1. The first-order valence-corrected chi connectivity index (χ1v) is 9.67. The van der Waals surface area contributed by atoms with E-state index in [-0.39, 0.29) is 12.7 Å². The normalized spacial score (nSPS) is 13.6. The first-order valence-electron chi connectivity index (χ1n) is 9.67. The fourth-order valence-electron chi connectivity index (χ4n) is 3.39. The zero-order chi connectivity index (χ0) is 19.9. The van der Waals surface area contributed by atoms with Gasteiger partial charge in [-0.25, -0.2) is 0 Å². The van der Waals surface area contributed by atoms with Gasteiger partial charge in [-0.1, -0.05) is 54.6 Å². The summed E-state index contributed by atoms with van der Waals surface area (Å²) in [4.78, 5) is 2.04. The molecular weight excluding hydrogens is 350 g/mol. The van der Waals surface area contributed by atoms with E-state index in [4.69, 9.17) is 9.15 Å². The Labute approximate surface area is 167 Å². The molecule has 0 saturated carbocycles. The average Bonchev–Trinajstić information content (AvgIpc) is 3.08. The lowest BCUT2D eigenvalue weighted by atomic mass is 9.97. The van der Waals surface area contributed by atoms with E-state index >= 15 is 0 Å². The van der Waals surface area contributed by atoms with Crippen molar-refractivity contribution in [1.29, 1.82) is 0 Å². The van der Waals surface area contributed by atoms with Crippen LogP contribution in [0.15, 0.2) is 71.1 Å². The predicted octanol–water partition coefficient (Wildman–Crippen LogP) is 4.50. The number of rotatable bonds is 9. The van der Waals surface area contributed by atoms with Gasteiger partial charge in [0, 0.05) is 6.54 Å². The highest BCUT2D eigenvalue weighted by Gasteiger charge is 2.19. The van der Waals surface area contributed by atoms with Crippen molar-refractivity contribution in [1.82, 2.24) is 4.90 Å². The lowest BCUT2D eigenvalue weighted by Gasteiger charge is -2.24. The fourth-order valence-corrected chi connectivity index (χ4v) is 3.39. The molecule has 0 aliphatic rings. The van der Waals surface area contributed by atoms with Crippen molar-refractivity contribution in [2.24, 2.45) is 0 Å². The Balaban J connectivity index is 1.62. The van der Waals surface area contributed by atoms with Crippen LogP contribution in [0.5, 0.6) is 0 Å². The Morgan fingerprint density at radius 3 is 2.36 bits per heavy atom. The Kier molecular flexibility index (Phi) is 7.04. The van der Waals surface area contributed by atoms with Crippen molar-refractivity contribution in [3.8, 4) is 0 Å². The van der Waals surface area contributed by atoms with Gasteiger partial charge in [0.2, 0.25) is 0 Å². The summed E-state index contributed by atoms with van der Waals surface area (Å²) in [6.07, 6.45) is -0.786. The maximum Gasteiger partial charge on any atom is 0.118 e. The van der Waals surface area contributed by atoms with Crippen LogP contribution >= 0.6 is 0 Å². The van der Waals surface area contributed by atoms with Crippen molar-refractivity contribution in [2.75, 3.05) is 20.2 Å². The summed E-state index contributed by atoms with van der Waals surface area (Å²) >= 11 is 0. The molecule has 0 fully saturated rings. The highest BCUT2D eigenvalue weighted by Crippen LogP contribution is 2.28. The monoisotopic (exact) mass is 379 g/mol. The van der Waals surface area contributed by atoms with Gasteiger partial charge < -0.3 is 14.3 Å². The molecule has 3 rings (SSSR count). The van der Waals surface area contributed by atoms with E-state index in [1.807, 2.05) is 61.3 Å². The number of aliphatic hydroxyl groups excluding tert-OH is 1. The molecular formula is C24H29NO3. The molecule has 1 heterocycles. The van der Waals surface area contributed by atoms with Crippen LogP contribution < -0.4 is 0 Å². The van der Waals surface area contributed by atoms with Gasteiger partial charge in [0.05, 0.1) is 19.3 Å². The van der Waals surface area contributed by atoms with Gasteiger partial charge in [0.15, 0.2) is 0 Å². The van der Waals surface area contributed by atoms with Crippen molar-refractivity contribution in [3.63, 3.8) is 0 Å². The van der Waals surface area contributed by atoms with Crippen molar-refractivity contribution < 1.29 is 14.3 Å². The van der Waals surface area contributed by atoms with Gasteiger partial charge in [-0.15, -0.1) is 0 Å². The summed E-state index contributed by atoms with van der Waals surface area (Å²) in [6, 6.07) is 22.3. The highest BCUT2D eigenvalue weighted by molar-refractivity contribution is 5.35. The second kappa shape index (κ2) is 9.69. The molecule has 0 spiro atoms. The topological polar surface area (TPSA) is 45.8 Å². The Hall–Kier alpha value is -2.40. The van der Waals surface area contributed by atoms with E-state index < -0.39 is 6.10 Å². The van der Waals surface area contributed by atoms with Gasteiger partial charge in [0.1, 0.15) is 17.6 Å². The average molecular weight is 380 g/mol. The van der Waals surface area contributed by atoms with Crippen molar-refractivity contribution in [3.05, 3.63) is 94.9 Å². The summed E-state index contributed by atoms with van der Waals surface area (Å²) in [6.45, 7) is 5.45. The van der Waals surface area contributed by atoms with Crippen LogP contribution in [0.25, 0.3) is 0 Å². The molecule has 1 N–H and O–H groups in total. The van der Waals surface area contributed by atoms with E-state index in [2.05, 4.69) is 31.2 Å². The van der Waals surface area contributed by atoms with Crippen LogP contribution in [0, 0.1) is 13.8 Å². The smallest absolute Gasteiger partial charge is 0.118 e. The maximum absolute atomic E-state index is 10.5. The van der Waals surface area contributed by atoms with E-state index in [1.165, 1.54) is 5.56 Å². The standard InChI is InChI=1S/C24H29NO3/c1-18-9-7-8-12-23(18)24(20-10-5-4-6-11-20)27-17-21(26)15-25(3)16-22-14-13-19(2)28-22/h4-14,21,24,26H,15-17H2,1-3H3. The van der Waals surface area contributed by atoms with Crippen LogP contribution in [0.1, 0.15) is 34.3 Å². The fraction of sp³-hybridized carbons (Fsp3) is 0.333. The molecule has 2 aromatic carbocycles. The molecule has 2 atom stereocenters. The number of aliphatic hydroxyl groups is 1. The largest absolute Gasteiger partial charge is 0.465 e. The minimum Gasteiger partial charge on any atom is -0.465 e.